The van der Waals surface area contributed by atoms with Gasteiger partial charge in [-0.2, -0.15) is 5.26 Å². The highest BCUT2D eigenvalue weighted by Crippen LogP contribution is 2.19. The predicted octanol–water partition coefficient (Wildman–Crippen LogP) is 0.445. The van der Waals surface area contributed by atoms with Crippen LogP contribution in [0.25, 0.3) is 5.69 Å². The number of nitrogens with zero attached hydrogens (tertiary/aromatic N) is 3. The molecule has 0 saturated heterocycles. The Morgan fingerprint density at radius 2 is 2.10 bits per heavy atom. The molecule has 0 amide bonds. The van der Waals surface area contributed by atoms with E-state index in [-0.39, 0.29) is 0 Å². The van der Waals surface area contributed by atoms with Gasteiger partial charge in [0.25, 0.3) is 11.2 Å². The summed E-state index contributed by atoms with van der Waals surface area (Å²) in [6, 6.07) is 4.11. The van der Waals surface area contributed by atoms with Crippen LogP contribution < -0.4 is 11.2 Å². The van der Waals surface area contributed by atoms with Gasteiger partial charge >= 0.3 is 5.69 Å². The third kappa shape index (κ3) is 2.17. The minimum atomic E-state index is -1.01. The van der Waals surface area contributed by atoms with E-state index in [1.165, 1.54) is 6.07 Å². The van der Waals surface area contributed by atoms with E-state index in [4.69, 9.17) is 5.26 Å². The summed E-state index contributed by atoms with van der Waals surface area (Å²) < 4.78 is 14.3. The summed E-state index contributed by atoms with van der Waals surface area (Å²) >= 11 is 0. The zero-order chi connectivity index (χ0) is 14.9. The molecule has 9 heteroatoms. The van der Waals surface area contributed by atoms with E-state index < -0.39 is 38.9 Å². The van der Waals surface area contributed by atoms with E-state index in [0.717, 1.165) is 24.4 Å². The molecule has 2 aromatic rings. The van der Waals surface area contributed by atoms with Gasteiger partial charge in [0.1, 0.15) is 17.4 Å². The van der Waals surface area contributed by atoms with E-state index in [2.05, 4.69) is 0 Å². The smallest absolute Gasteiger partial charge is 0.273 e. The van der Waals surface area contributed by atoms with Crippen molar-refractivity contribution in [3.63, 3.8) is 0 Å². The highest BCUT2D eigenvalue weighted by atomic mass is 19.1. The Hall–Kier alpha value is -3.28. The van der Waals surface area contributed by atoms with Crippen LogP contribution in [0.2, 0.25) is 0 Å². The minimum absolute atomic E-state index is 0.421. The lowest BCUT2D eigenvalue weighted by molar-refractivity contribution is -0.384. The largest absolute Gasteiger partial charge is 0.333 e. The Labute approximate surface area is 109 Å². The molecule has 2 rings (SSSR count). The lowest BCUT2D eigenvalue weighted by Crippen LogP contribution is -2.30. The molecule has 0 aliphatic heterocycles. The van der Waals surface area contributed by atoms with Gasteiger partial charge in [-0.25, -0.2) is 9.18 Å². The third-order valence-electron chi connectivity index (χ3n) is 2.46. The molecule has 1 aromatic carbocycles. The third-order valence-corrected chi connectivity index (χ3v) is 2.46. The zero-order valence-electron chi connectivity index (χ0n) is 9.66. The Balaban J connectivity index is 2.78. The SMILES string of the molecule is N#Cc1cn(-c2cc([N+](=O)[O-])ccc2F)c(=O)[nH]c1=O. The number of hydrogen-bond donors (Lipinski definition) is 1. The van der Waals surface area contributed by atoms with Gasteiger partial charge in [-0.1, -0.05) is 0 Å². The highest BCUT2D eigenvalue weighted by Gasteiger charge is 2.14. The lowest BCUT2D eigenvalue weighted by Gasteiger charge is -2.06. The maximum Gasteiger partial charge on any atom is 0.333 e. The van der Waals surface area contributed by atoms with Gasteiger partial charge in [-0.3, -0.25) is 24.5 Å². The molecule has 8 nitrogen and oxygen atoms in total. The van der Waals surface area contributed by atoms with Gasteiger partial charge < -0.3 is 0 Å². The molecular weight excluding hydrogens is 271 g/mol. The number of aromatic amines is 1. The summed E-state index contributed by atoms with van der Waals surface area (Å²) in [5.74, 6) is -0.909. The van der Waals surface area contributed by atoms with E-state index in [1.807, 2.05) is 4.98 Å². The van der Waals surface area contributed by atoms with E-state index >= 15 is 0 Å². The van der Waals surface area contributed by atoms with Gasteiger partial charge in [-0.05, 0) is 6.07 Å². The molecule has 0 aliphatic carbocycles. The number of aromatic nitrogens is 2. The quantitative estimate of drug-likeness (QED) is 0.630. The average molecular weight is 276 g/mol. The molecule has 0 radical (unpaired) electrons. The molecular formula is C11H5FN4O4. The first-order valence-electron chi connectivity index (χ1n) is 5.14. The maximum absolute atomic E-state index is 13.7. The van der Waals surface area contributed by atoms with Crippen LogP contribution in [0.15, 0.2) is 34.0 Å². The van der Waals surface area contributed by atoms with Gasteiger partial charge in [-0.15, -0.1) is 0 Å². The van der Waals surface area contributed by atoms with Crippen molar-refractivity contribution in [2.75, 3.05) is 0 Å². The van der Waals surface area contributed by atoms with Crippen LogP contribution >= 0.6 is 0 Å². The molecule has 0 aliphatic rings. The van der Waals surface area contributed by atoms with Crippen molar-refractivity contribution in [3.05, 3.63) is 66.7 Å². The Kier molecular flexibility index (Phi) is 3.14. The number of nitro benzene ring substituents is 1. The zero-order valence-corrected chi connectivity index (χ0v) is 9.66. The Morgan fingerprint density at radius 1 is 1.40 bits per heavy atom. The first-order chi connectivity index (χ1) is 9.43. The number of nitrogens with one attached hydrogen (secondary N) is 1. The molecule has 1 aromatic heterocycles. The van der Waals surface area contributed by atoms with Gasteiger partial charge in [0.2, 0.25) is 0 Å². The number of hydrogen-bond acceptors (Lipinski definition) is 5. The number of rotatable bonds is 2. The molecule has 0 unspecified atom stereocenters. The Morgan fingerprint density at radius 3 is 2.70 bits per heavy atom. The van der Waals surface area contributed by atoms with Crippen molar-refractivity contribution < 1.29 is 9.31 Å². The highest BCUT2D eigenvalue weighted by molar-refractivity contribution is 5.45. The monoisotopic (exact) mass is 276 g/mol. The summed E-state index contributed by atoms with van der Waals surface area (Å²) in [7, 11) is 0. The van der Waals surface area contributed by atoms with Crippen molar-refractivity contribution in [1.82, 2.24) is 9.55 Å². The summed E-state index contributed by atoms with van der Waals surface area (Å²) in [6.07, 6.45) is 0.823. The van der Waals surface area contributed by atoms with Crippen molar-refractivity contribution >= 4 is 5.69 Å². The predicted molar refractivity (Wildman–Crippen MR) is 64.0 cm³/mol. The van der Waals surface area contributed by atoms with Crippen molar-refractivity contribution in [3.8, 4) is 11.8 Å². The summed E-state index contributed by atoms with van der Waals surface area (Å²) in [6.45, 7) is 0. The van der Waals surface area contributed by atoms with Gasteiger partial charge in [0.15, 0.2) is 0 Å². The molecule has 0 saturated carbocycles. The molecule has 0 atom stereocenters. The van der Waals surface area contributed by atoms with Crippen LogP contribution in [-0.4, -0.2) is 14.5 Å². The second-order valence-corrected chi connectivity index (χ2v) is 3.68. The van der Waals surface area contributed by atoms with Crippen molar-refractivity contribution in [1.29, 1.82) is 5.26 Å². The number of nitriles is 1. The molecule has 0 spiro atoms. The van der Waals surface area contributed by atoms with Crippen LogP contribution in [0.5, 0.6) is 0 Å². The molecule has 1 heterocycles. The Bertz CT molecular complexity index is 862. The van der Waals surface area contributed by atoms with Crippen LogP contribution in [0, 0.1) is 27.3 Å². The van der Waals surface area contributed by atoms with Crippen molar-refractivity contribution in [2.24, 2.45) is 0 Å². The molecule has 0 bridgehead atoms. The van der Waals surface area contributed by atoms with E-state index in [9.17, 15) is 24.1 Å². The van der Waals surface area contributed by atoms with Crippen molar-refractivity contribution in [2.45, 2.75) is 0 Å². The van der Waals surface area contributed by atoms with Gasteiger partial charge in [0, 0.05) is 18.3 Å². The first kappa shape index (κ1) is 13.2. The average Bonchev–Trinajstić information content (AvgIpc) is 2.40. The number of benzene rings is 1. The van der Waals surface area contributed by atoms with Crippen LogP contribution in [0.1, 0.15) is 5.56 Å². The van der Waals surface area contributed by atoms with Crippen LogP contribution in [0.4, 0.5) is 10.1 Å². The fourth-order valence-electron chi connectivity index (χ4n) is 1.53. The van der Waals surface area contributed by atoms with E-state index in [0.29, 0.717) is 4.57 Å². The molecule has 20 heavy (non-hydrogen) atoms. The number of H-pyrrole nitrogens is 1. The second-order valence-electron chi connectivity index (χ2n) is 3.68. The standard InChI is InChI=1S/C11H5FN4O4/c12-8-2-1-7(16(19)20)3-9(8)15-5-6(4-13)10(17)14-11(15)18/h1-3,5H,(H,14,17,18). The normalized spacial score (nSPS) is 10.0. The summed E-state index contributed by atoms with van der Waals surface area (Å²) in [5.41, 5.74) is -3.21. The fourth-order valence-corrected chi connectivity index (χ4v) is 1.53. The number of nitro groups is 1. The second kappa shape index (κ2) is 4.77. The minimum Gasteiger partial charge on any atom is -0.273 e. The maximum atomic E-state index is 13.7. The lowest BCUT2D eigenvalue weighted by atomic mass is 10.2. The van der Waals surface area contributed by atoms with Crippen LogP contribution in [-0.2, 0) is 0 Å². The van der Waals surface area contributed by atoms with E-state index in [1.54, 1.807) is 0 Å². The molecule has 0 fully saturated rings. The topological polar surface area (TPSA) is 122 Å². The number of non-ortho nitro benzene ring substituents is 1. The molecule has 100 valence electrons. The fraction of sp³-hybridized carbons (Fsp3) is 0. The first-order valence-corrected chi connectivity index (χ1v) is 5.14. The molecule has 1 N–H and O–H groups in total. The van der Waals surface area contributed by atoms with Gasteiger partial charge in [0.05, 0.1) is 10.6 Å². The number of halogens is 1. The summed E-state index contributed by atoms with van der Waals surface area (Å²) in [5, 5.41) is 19.3. The summed E-state index contributed by atoms with van der Waals surface area (Å²) in [4.78, 5) is 34.5. The van der Waals surface area contributed by atoms with Crippen LogP contribution in [0.3, 0.4) is 0 Å².